The van der Waals surface area contributed by atoms with Crippen molar-refractivity contribution in [2.24, 2.45) is 0 Å². The molecule has 0 amide bonds. The standard InChI is InChI=1S/C63H62N2/c1-9-50-22-37-62(48(7)40-50)64(60-36-28-55(47(6)43-60)26-25-53-18-12-11-16-45(53)4)58-20-14-19-56(29-32-58)57-30-33-59(34-31-57)65(63-38-23-51(10-2)41-49(63)8)61-35-27-54(46(5)42-61)24-21-52-17-13-15-44(3)39-52/h12-13,15,17-18,21-43H,9-11,16,19H2,1-8H3/b24-21+,26-25+. The van der Waals surface area contributed by atoms with Gasteiger partial charge in [-0.25, -0.2) is 0 Å². The summed E-state index contributed by atoms with van der Waals surface area (Å²) in [7, 11) is 0. The Kier molecular flexibility index (Phi) is 13.8. The first kappa shape index (κ1) is 44.5. The van der Waals surface area contributed by atoms with Crippen LogP contribution in [-0.2, 0) is 12.8 Å². The Labute approximate surface area is 389 Å². The maximum absolute atomic E-state index is 3.60. The van der Waals surface area contributed by atoms with Gasteiger partial charge in [-0.15, -0.1) is 0 Å². The van der Waals surface area contributed by atoms with Crippen LogP contribution in [0.1, 0.15) is 101 Å². The quantitative estimate of drug-likeness (QED) is 0.0844. The summed E-state index contributed by atoms with van der Waals surface area (Å²) in [6, 6.07) is 45.0. The predicted octanol–water partition coefficient (Wildman–Crippen LogP) is 17.2. The molecule has 0 unspecified atom stereocenters. The second kappa shape index (κ2) is 20.2. The second-order valence-electron chi connectivity index (χ2n) is 17.7. The zero-order valence-corrected chi connectivity index (χ0v) is 39.6. The van der Waals surface area contributed by atoms with Gasteiger partial charge in [-0.05, 0) is 195 Å². The average molecular weight is 847 g/mol. The molecule has 0 aliphatic heterocycles. The number of anilines is 5. The number of nitrogens with zero attached hydrogens (tertiary/aromatic N) is 2. The van der Waals surface area contributed by atoms with Crippen molar-refractivity contribution in [3.8, 4) is 11.8 Å². The highest BCUT2D eigenvalue weighted by Crippen LogP contribution is 2.40. The van der Waals surface area contributed by atoms with Crippen LogP contribution in [0.25, 0.3) is 23.8 Å². The summed E-state index contributed by atoms with van der Waals surface area (Å²) >= 11 is 0. The fourth-order valence-corrected chi connectivity index (χ4v) is 8.98. The van der Waals surface area contributed by atoms with Crippen LogP contribution in [0.15, 0.2) is 169 Å². The van der Waals surface area contributed by atoms with Gasteiger partial charge in [-0.3, -0.25) is 0 Å². The number of allylic oxidation sites excluding steroid dienone is 9. The van der Waals surface area contributed by atoms with Gasteiger partial charge in [0, 0.05) is 34.9 Å². The molecule has 6 aromatic rings. The first-order valence-corrected chi connectivity index (χ1v) is 23.4. The van der Waals surface area contributed by atoms with Crippen LogP contribution in [-0.4, -0.2) is 0 Å². The van der Waals surface area contributed by atoms with Crippen LogP contribution in [0.4, 0.5) is 28.4 Å². The molecular formula is C63H62N2. The average Bonchev–Trinajstić information content (AvgIpc) is 3.56. The molecule has 2 aliphatic rings. The topological polar surface area (TPSA) is 6.48 Å². The van der Waals surface area contributed by atoms with Gasteiger partial charge in [-0.2, -0.15) is 0 Å². The molecule has 0 bridgehead atoms. The monoisotopic (exact) mass is 846 g/mol. The Morgan fingerprint density at radius 1 is 0.554 bits per heavy atom. The number of aryl methyl sites for hydroxylation is 7. The van der Waals surface area contributed by atoms with Crippen molar-refractivity contribution in [3.05, 3.63) is 230 Å². The summed E-state index contributed by atoms with van der Waals surface area (Å²) in [6.45, 7) is 17.7. The highest BCUT2D eigenvalue weighted by atomic mass is 15.2. The summed E-state index contributed by atoms with van der Waals surface area (Å²) in [5, 5.41) is 0. The first-order chi connectivity index (χ1) is 31.6. The summed E-state index contributed by atoms with van der Waals surface area (Å²) in [6.07, 6.45) is 22.9. The molecule has 0 saturated carbocycles. The summed E-state index contributed by atoms with van der Waals surface area (Å²) < 4.78 is 0. The number of hydrogen-bond acceptors (Lipinski definition) is 2. The molecule has 0 N–H and O–H groups in total. The highest BCUT2D eigenvalue weighted by molar-refractivity contribution is 5.83. The van der Waals surface area contributed by atoms with E-state index in [9.17, 15) is 0 Å². The normalized spacial score (nSPS) is 13.7. The van der Waals surface area contributed by atoms with Gasteiger partial charge >= 0.3 is 0 Å². The third kappa shape index (κ3) is 10.3. The van der Waals surface area contributed by atoms with Crippen molar-refractivity contribution in [1.82, 2.24) is 0 Å². The van der Waals surface area contributed by atoms with E-state index in [1.54, 1.807) is 0 Å². The van der Waals surface area contributed by atoms with Crippen LogP contribution in [0.5, 0.6) is 0 Å². The molecule has 0 aromatic heterocycles. The van der Waals surface area contributed by atoms with E-state index >= 15 is 0 Å². The maximum Gasteiger partial charge on any atom is 0.0970 e. The number of benzene rings is 6. The minimum Gasteiger partial charge on any atom is -0.310 e. The predicted molar refractivity (Wildman–Crippen MR) is 283 cm³/mol. The fraction of sp³-hybridized carbons (Fsp3) is 0.206. The molecule has 0 radical (unpaired) electrons. The molecule has 2 nitrogen and oxygen atoms in total. The second-order valence-corrected chi connectivity index (χ2v) is 17.7. The summed E-state index contributed by atoms with van der Waals surface area (Å²) in [4.78, 5) is 4.74. The van der Waals surface area contributed by atoms with Crippen molar-refractivity contribution >= 4 is 52.2 Å². The maximum atomic E-state index is 3.60. The third-order valence-electron chi connectivity index (χ3n) is 12.9. The van der Waals surface area contributed by atoms with Gasteiger partial charge in [0.05, 0.1) is 5.70 Å². The lowest BCUT2D eigenvalue weighted by Crippen LogP contribution is -2.17. The minimum atomic E-state index is 0.658. The molecule has 6 aromatic carbocycles. The molecule has 0 heterocycles. The van der Waals surface area contributed by atoms with E-state index in [1.807, 2.05) is 0 Å². The van der Waals surface area contributed by atoms with E-state index in [4.69, 9.17) is 0 Å². The zero-order chi connectivity index (χ0) is 45.5. The van der Waals surface area contributed by atoms with Crippen LogP contribution in [0.2, 0.25) is 0 Å². The van der Waals surface area contributed by atoms with E-state index < -0.39 is 0 Å². The lowest BCUT2D eigenvalue weighted by Gasteiger charge is -2.28. The molecule has 0 atom stereocenters. The summed E-state index contributed by atoms with van der Waals surface area (Å²) in [5.41, 5.74) is 24.3. The Hall–Kier alpha value is -7.08. The van der Waals surface area contributed by atoms with Crippen molar-refractivity contribution in [1.29, 1.82) is 0 Å². The van der Waals surface area contributed by atoms with Crippen molar-refractivity contribution in [2.45, 2.75) is 87.5 Å². The molecule has 0 fully saturated rings. The first-order valence-electron chi connectivity index (χ1n) is 23.4. The lowest BCUT2D eigenvalue weighted by molar-refractivity contribution is 0.949. The number of rotatable bonds is 13. The largest absolute Gasteiger partial charge is 0.310 e. The van der Waals surface area contributed by atoms with Gasteiger partial charge in [0.25, 0.3) is 0 Å². The Bertz CT molecular complexity index is 2990. The molecular weight excluding hydrogens is 785 g/mol. The highest BCUT2D eigenvalue weighted by Gasteiger charge is 2.20. The smallest absolute Gasteiger partial charge is 0.0970 e. The minimum absolute atomic E-state index is 0.658. The molecule has 8 rings (SSSR count). The van der Waals surface area contributed by atoms with Gasteiger partial charge < -0.3 is 9.80 Å². The lowest BCUT2D eigenvalue weighted by atomic mass is 9.97. The molecule has 65 heavy (non-hydrogen) atoms. The van der Waals surface area contributed by atoms with Crippen LogP contribution in [0.3, 0.4) is 0 Å². The van der Waals surface area contributed by atoms with Crippen molar-refractivity contribution in [2.75, 3.05) is 9.80 Å². The van der Waals surface area contributed by atoms with Gasteiger partial charge in [-0.1, -0.05) is 146 Å². The zero-order valence-electron chi connectivity index (χ0n) is 39.6. The summed E-state index contributed by atoms with van der Waals surface area (Å²) in [5.74, 6) is 7.17. The molecule has 0 spiro atoms. The molecule has 0 saturated heterocycles. The van der Waals surface area contributed by atoms with Crippen molar-refractivity contribution in [3.63, 3.8) is 0 Å². The van der Waals surface area contributed by atoms with Gasteiger partial charge in [0.1, 0.15) is 0 Å². The molecule has 324 valence electrons. The Morgan fingerprint density at radius 2 is 1.17 bits per heavy atom. The van der Waals surface area contributed by atoms with E-state index in [-0.39, 0.29) is 0 Å². The van der Waals surface area contributed by atoms with Gasteiger partial charge in [0.15, 0.2) is 0 Å². The molecule has 2 heteroatoms. The Morgan fingerprint density at radius 3 is 1.77 bits per heavy atom. The van der Waals surface area contributed by atoms with E-state index in [1.165, 1.54) is 83.6 Å². The SMILES string of the molecule is CCc1ccc(N(C2=CC=C(c3ccc(N(c4ccc(/C=C/c5cccc(C)c5)c(C)c4)c4ccc(CC)cc4C)cc3)CC#C2)c2ccc(/C=C/C3=C(C)CCC=C3)c(C)c2)c(C)c1. The third-order valence-corrected chi connectivity index (χ3v) is 12.9. The van der Waals surface area contributed by atoms with E-state index in [0.29, 0.717) is 6.42 Å². The fourth-order valence-electron chi connectivity index (χ4n) is 8.98. The van der Waals surface area contributed by atoms with E-state index in [2.05, 4.69) is 247 Å². The van der Waals surface area contributed by atoms with Crippen LogP contribution >= 0.6 is 0 Å². The van der Waals surface area contributed by atoms with E-state index in [0.717, 1.165) is 54.1 Å². The van der Waals surface area contributed by atoms with Gasteiger partial charge in [0.2, 0.25) is 0 Å². The molecule has 2 aliphatic carbocycles. The number of hydrogen-bond donors (Lipinski definition) is 0. The van der Waals surface area contributed by atoms with Crippen LogP contribution < -0.4 is 9.80 Å². The van der Waals surface area contributed by atoms with Crippen molar-refractivity contribution < 1.29 is 0 Å². The Balaban J connectivity index is 1.12. The van der Waals surface area contributed by atoms with Crippen LogP contribution in [0, 0.1) is 46.5 Å².